The van der Waals surface area contributed by atoms with Gasteiger partial charge in [0.15, 0.2) is 0 Å². The summed E-state index contributed by atoms with van der Waals surface area (Å²) in [7, 11) is 0.530. The molecule has 0 saturated carbocycles. The van der Waals surface area contributed by atoms with Crippen molar-refractivity contribution < 1.29 is 8.42 Å². The fourth-order valence-corrected chi connectivity index (χ4v) is 3.86. The fraction of sp³-hybridized carbons (Fsp3) is 1.00. The minimum absolute atomic E-state index is 0.0795. The van der Waals surface area contributed by atoms with Gasteiger partial charge in [0.1, 0.15) is 0 Å². The first-order chi connectivity index (χ1) is 9.38. The lowest BCUT2D eigenvalue weighted by Crippen LogP contribution is -2.53. The molecule has 2 N–H and O–H groups in total. The van der Waals surface area contributed by atoms with Crippen LogP contribution in [0.2, 0.25) is 0 Å². The molecule has 1 heterocycles. The van der Waals surface area contributed by atoms with Gasteiger partial charge in [0.05, 0.1) is 0 Å². The first-order valence-electron chi connectivity index (χ1n) is 7.52. The van der Waals surface area contributed by atoms with E-state index < -0.39 is 10.2 Å². The monoisotopic (exact) mass is 306 g/mol. The van der Waals surface area contributed by atoms with Gasteiger partial charge in [-0.3, -0.25) is 0 Å². The van der Waals surface area contributed by atoms with Crippen molar-refractivity contribution in [2.75, 3.05) is 40.3 Å². The topological polar surface area (TPSA) is 64.7 Å². The SMILES string of the molecule is CCNCC1CCCCN1S(=O)(=O)NCC(C)N(C)C. The summed E-state index contributed by atoms with van der Waals surface area (Å²) in [4.78, 5) is 2.01. The van der Waals surface area contributed by atoms with E-state index in [2.05, 4.69) is 10.0 Å². The van der Waals surface area contributed by atoms with Gasteiger partial charge < -0.3 is 10.2 Å². The Morgan fingerprint density at radius 1 is 1.35 bits per heavy atom. The summed E-state index contributed by atoms with van der Waals surface area (Å²) in [6.45, 7) is 6.73. The fourth-order valence-electron chi connectivity index (χ4n) is 2.30. The van der Waals surface area contributed by atoms with E-state index >= 15 is 0 Å². The predicted molar refractivity (Wildman–Crippen MR) is 83.0 cm³/mol. The zero-order valence-electron chi connectivity index (χ0n) is 13.2. The molecule has 1 fully saturated rings. The Morgan fingerprint density at radius 2 is 2.05 bits per heavy atom. The van der Waals surface area contributed by atoms with Gasteiger partial charge >= 0.3 is 0 Å². The maximum atomic E-state index is 12.5. The van der Waals surface area contributed by atoms with Crippen LogP contribution in [0.25, 0.3) is 0 Å². The summed E-state index contributed by atoms with van der Waals surface area (Å²) < 4.78 is 29.3. The average Bonchev–Trinajstić information content (AvgIpc) is 2.42. The van der Waals surface area contributed by atoms with E-state index in [0.717, 1.165) is 32.4 Å². The smallest absolute Gasteiger partial charge is 0.279 e. The summed E-state index contributed by atoms with van der Waals surface area (Å²) in [6.07, 6.45) is 3.00. The van der Waals surface area contributed by atoms with Gasteiger partial charge in [0.25, 0.3) is 10.2 Å². The highest BCUT2D eigenvalue weighted by Crippen LogP contribution is 2.19. The Balaban J connectivity index is 2.62. The van der Waals surface area contributed by atoms with Crippen molar-refractivity contribution in [3.8, 4) is 0 Å². The van der Waals surface area contributed by atoms with E-state index in [0.29, 0.717) is 13.1 Å². The Bertz CT molecular complexity index is 373. The molecule has 120 valence electrons. The highest BCUT2D eigenvalue weighted by atomic mass is 32.2. The Hall–Kier alpha value is -0.210. The Morgan fingerprint density at radius 3 is 2.65 bits per heavy atom. The molecule has 20 heavy (non-hydrogen) atoms. The Kier molecular flexibility index (Phi) is 7.39. The maximum absolute atomic E-state index is 12.5. The first-order valence-corrected chi connectivity index (χ1v) is 8.96. The second-order valence-electron chi connectivity index (χ2n) is 5.73. The van der Waals surface area contributed by atoms with E-state index in [1.54, 1.807) is 4.31 Å². The van der Waals surface area contributed by atoms with Crippen molar-refractivity contribution in [3.05, 3.63) is 0 Å². The second-order valence-corrected chi connectivity index (χ2v) is 7.44. The van der Waals surface area contributed by atoms with E-state index in [1.165, 1.54) is 0 Å². The number of nitrogens with one attached hydrogen (secondary N) is 2. The van der Waals surface area contributed by atoms with Crippen LogP contribution in [-0.2, 0) is 10.2 Å². The normalized spacial score (nSPS) is 23.1. The van der Waals surface area contributed by atoms with Gasteiger partial charge in [-0.2, -0.15) is 12.7 Å². The molecular formula is C13H30N4O2S. The first kappa shape index (κ1) is 17.8. The van der Waals surface area contributed by atoms with Crippen molar-refractivity contribution in [3.63, 3.8) is 0 Å². The minimum atomic E-state index is -3.37. The van der Waals surface area contributed by atoms with Crippen LogP contribution in [0.15, 0.2) is 0 Å². The molecule has 1 aliphatic heterocycles. The molecule has 0 amide bonds. The third-order valence-electron chi connectivity index (χ3n) is 3.95. The summed E-state index contributed by atoms with van der Waals surface area (Å²) in [5.74, 6) is 0. The lowest BCUT2D eigenvalue weighted by Gasteiger charge is -2.35. The number of rotatable bonds is 8. The molecular weight excluding hydrogens is 276 g/mol. The summed E-state index contributed by atoms with van der Waals surface area (Å²) in [6, 6.07) is 0.262. The average molecular weight is 306 g/mol. The van der Waals surface area contributed by atoms with Gasteiger partial charge in [0, 0.05) is 31.7 Å². The van der Waals surface area contributed by atoms with Crippen LogP contribution in [0.4, 0.5) is 0 Å². The number of nitrogens with zero attached hydrogens (tertiary/aromatic N) is 2. The van der Waals surface area contributed by atoms with Crippen molar-refractivity contribution >= 4 is 10.2 Å². The van der Waals surface area contributed by atoms with Crippen LogP contribution in [-0.4, -0.2) is 70.0 Å². The van der Waals surface area contributed by atoms with Crippen LogP contribution in [0.5, 0.6) is 0 Å². The van der Waals surface area contributed by atoms with Crippen LogP contribution in [0, 0.1) is 0 Å². The van der Waals surface area contributed by atoms with Crippen molar-refractivity contribution in [2.24, 2.45) is 0 Å². The highest BCUT2D eigenvalue weighted by molar-refractivity contribution is 7.87. The summed E-state index contributed by atoms with van der Waals surface area (Å²) in [5.41, 5.74) is 0. The van der Waals surface area contributed by atoms with Gasteiger partial charge in [-0.05, 0) is 40.4 Å². The summed E-state index contributed by atoms with van der Waals surface area (Å²) >= 11 is 0. The molecule has 0 aromatic heterocycles. The maximum Gasteiger partial charge on any atom is 0.279 e. The lowest BCUT2D eigenvalue weighted by atomic mass is 10.1. The number of piperidine rings is 1. The van der Waals surface area contributed by atoms with Crippen LogP contribution < -0.4 is 10.0 Å². The molecule has 0 radical (unpaired) electrons. The molecule has 2 atom stereocenters. The molecule has 0 aromatic rings. The molecule has 6 nitrogen and oxygen atoms in total. The third-order valence-corrected chi connectivity index (χ3v) is 5.58. The van der Waals surface area contributed by atoms with Gasteiger partial charge in [-0.15, -0.1) is 0 Å². The van der Waals surface area contributed by atoms with Crippen molar-refractivity contribution in [2.45, 2.75) is 45.2 Å². The van der Waals surface area contributed by atoms with Crippen molar-refractivity contribution in [1.82, 2.24) is 19.2 Å². The Labute approximate surface area is 124 Å². The number of likely N-dealkylation sites (N-methyl/N-ethyl adjacent to an activating group) is 2. The molecule has 0 spiro atoms. The standard InChI is InChI=1S/C13H30N4O2S/c1-5-14-11-13-8-6-7-9-17(13)20(18,19)15-10-12(2)16(3)4/h12-15H,5-11H2,1-4H3. The molecule has 1 rings (SSSR count). The van der Waals surface area contributed by atoms with Gasteiger partial charge in [0.2, 0.25) is 0 Å². The van der Waals surface area contributed by atoms with Crippen molar-refractivity contribution in [1.29, 1.82) is 0 Å². The lowest BCUT2D eigenvalue weighted by molar-refractivity contribution is 0.241. The van der Waals surface area contributed by atoms with Crippen LogP contribution >= 0.6 is 0 Å². The molecule has 1 aliphatic rings. The van der Waals surface area contributed by atoms with E-state index in [1.807, 2.05) is 32.8 Å². The third kappa shape index (κ3) is 5.29. The largest absolute Gasteiger partial charge is 0.315 e. The predicted octanol–water partition coefficient (Wildman–Crippen LogP) is 0.235. The minimum Gasteiger partial charge on any atom is -0.315 e. The zero-order chi connectivity index (χ0) is 15.2. The zero-order valence-corrected chi connectivity index (χ0v) is 14.0. The molecule has 0 aromatic carbocycles. The molecule has 7 heteroatoms. The van der Waals surface area contributed by atoms with Crippen LogP contribution in [0.3, 0.4) is 0 Å². The van der Waals surface area contributed by atoms with Crippen LogP contribution in [0.1, 0.15) is 33.1 Å². The molecule has 0 bridgehead atoms. The van der Waals surface area contributed by atoms with E-state index in [4.69, 9.17) is 0 Å². The molecule has 0 aliphatic carbocycles. The van der Waals surface area contributed by atoms with Gasteiger partial charge in [-0.25, -0.2) is 4.72 Å². The molecule has 2 unspecified atom stereocenters. The number of hydrogen-bond acceptors (Lipinski definition) is 4. The second kappa shape index (κ2) is 8.29. The number of hydrogen-bond donors (Lipinski definition) is 2. The summed E-state index contributed by atoms with van der Waals surface area (Å²) in [5, 5.41) is 3.26. The quantitative estimate of drug-likeness (QED) is 0.674. The molecule has 1 saturated heterocycles. The highest BCUT2D eigenvalue weighted by Gasteiger charge is 2.31. The van der Waals surface area contributed by atoms with E-state index in [9.17, 15) is 8.42 Å². The van der Waals surface area contributed by atoms with E-state index in [-0.39, 0.29) is 12.1 Å². The van der Waals surface area contributed by atoms with Gasteiger partial charge in [-0.1, -0.05) is 13.3 Å².